The van der Waals surface area contributed by atoms with Crippen molar-refractivity contribution in [2.24, 2.45) is 0 Å². The quantitative estimate of drug-likeness (QED) is 0.427. The van der Waals surface area contributed by atoms with Gasteiger partial charge in [0.2, 0.25) is 0 Å². The zero-order valence-electron chi connectivity index (χ0n) is 17.7. The minimum absolute atomic E-state index is 0.105. The van der Waals surface area contributed by atoms with E-state index >= 15 is 0 Å². The lowest BCUT2D eigenvalue weighted by Gasteiger charge is -2.13. The molecule has 0 saturated heterocycles. The van der Waals surface area contributed by atoms with Crippen molar-refractivity contribution in [3.63, 3.8) is 0 Å². The summed E-state index contributed by atoms with van der Waals surface area (Å²) >= 11 is 0. The molecule has 0 unspecified atom stereocenters. The van der Waals surface area contributed by atoms with Gasteiger partial charge in [0.15, 0.2) is 15.5 Å². The molecule has 2 aromatic heterocycles. The van der Waals surface area contributed by atoms with Gasteiger partial charge in [0.25, 0.3) is 0 Å². The highest BCUT2D eigenvalue weighted by Crippen LogP contribution is 2.34. The summed E-state index contributed by atoms with van der Waals surface area (Å²) in [4.78, 5) is 0.105. The summed E-state index contributed by atoms with van der Waals surface area (Å²) in [6.07, 6.45) is -2.02. The number of nitrogens with zero attached hydrogens (tertiary/aromatic N) is 2. The zero-order valence-corrected chi connectivity index (χ0v) is 18.5. The topological polar surface area (TPSA) is 77.1 Å². The van der Waals surface area contributed by atoms with E-state index in [2.05, 4.69) is 10.4 Å². The van der Waals surface area contributed by atoms with E-state index in [0.29, 0.717) is 22.6 Å². The van der Waals surface area contributed by atoms with Crippen molar-refractivity contribution in [2.45, 2.75) is 17.6 Å². The third kappa shape index (κ3) is 4.71. The van der Waals surface area contributed by atoms with Gasteiger partial charge in [-0.3, -0.25) is 0 Å². The van der Waals surface area contributed by atoms with Crippen molar-refractivity contribution in [1.29, 1.82) is 0 Å². The predicted octanol–water partition coefficient (Wildman–Crippen LogP) is 4.94. The molecule has 1 N–H and O–H groups in total. The smallest absolute Gasteiger partial charge is 0.435 e. The molecule has 0 atom stereocenters. The van der Waals surface area contributed by atoms with Crippen LogP contribution in [0.2, 0.25) is 0 Å². The monoisotopic (exact) mass is 475 g/mol. The molecule has 0 saturated carbocycles. The van der Waals surface area contributed by atoms with Crippen LogP contribution in [0.1, 0.15) is 11.3 Å². The number of benzene rings is 2. The van der Waals surface area contributed by atoms with Crippen LogP contribution in [0.25, 0.3) is 28.3 Å². The first-order valence-electron chi connectivity index (χ1n) is 9.87. The van der Waals surface area contributed by atoms with Gasteiger partial charge in [-0.1, -0.05) is 24.3 Å². The Kier molecular flexibility index (Phi) is 5.89. The van der Waals surface area contributed by atoms with Crippen molar-refractivity contribution in [2.75, 3.05) is 13.3 Å². The van der Waals surface area contributed by atoms with Crippen molar-refractivity contribution in [3.05, 3.63) is 78.2 Å². The molecular weight excluding hydrogens is 455 g/mol. The summed E-state index contributed by atoms with van der Waals surface area (Å²) < 4.78 is 71.3. The number of aromatic nitrogens is 2. The number of hydrogen-bond acceptors (Lipinski definition) is 5. The largest absolute Gasteiger partial charge is 0.464 e. The minimum atomic E-state index is -4.64. The normalized spacial score (nSPS) is 12.3. The van der Waals surface area contributed by atoms with E-state index in [0.717, 1.165) is 17.9 Å². The molecule has 172 valence electrons. The van der Waals surface area contributed by atoms with Gasteiger partial charge in [0, 0.05) is 23.9 Å². The average molecular weight is 475 g/mol. The van der Waals surface area contributed by atoms with Gasteiger partial charge in [-0.25, -0.2) is 13.1 Å². The molecule has 0 aliphatic rings. The number of rotatable bonds is 6. The van der Waals surface area contributed by atoms with E-state index in [1.54, 1.807) is 43.4 Å². The molecule has 10 heteroatoms. The van der Waals surface area contributed by atoms with Crippen LogP contribution in [0.5, 0.6) is 0 Å². The molecule has 0 aliphatic heterocycles. The Morgan fingerprint density at radius 2 is 1.73 bits per heavy atom. The fourth-order valence-electron chi connectivity index (χ4n) is 3.56. The van der Waals surface area contributed by atoms with Crippen LogP contribution in [0.15, 0.2) is 76.2 Å². The van der Waals surface area contributed by atoms with Crippen LogP contribution in [0.3, 0.4) is 0 Å². The summed E-state index contributed by atoms with van der Waals surface area (Å²) in [5, 5.41) is 6.68. The van der Waals surface area contributed by atoms with Gasteiger partial charge < -0.3 is 9.73 Å². The van der Waals surface area contributed by atoms with Crippen LogP contribution in [0, 0.1) is 0 Å². The molecule has 0 radical (unpaired) electrons. The Morgan fingerprint density at radius 1 is 1.03 bits per heavy atom. The maximum Gasteiger partial charge on any atom is 0.435 e. The SMILES string of the molecule is CNCc1cc(-n2nc(C(F)(F)F)cc2-c2ccc(-c3ccco3)cc2)ccc1S(C)(=O)=O. The number of sulfone groups is 1. The average Bonchev–Trinajstić information content (AvgIpc) is 3.43. The van der Waals surface area contributed by atoms with Crippen molar-refractivity contribution >= 4 is 9.84 Å². The maximum atomic E-state index is 13.5. The number of nitrogens with one attached hydrogen (secondary N) is 1. The molecule has 33 heavy (non-hydrogen) atoms. The van der Waals surface area contributed by atoms with Gasteiger partial charge in [-0.15, -0.1) is 0 Å². The lowest BCUT2D eigenvalue weighted by Crippen LogP contribution is -2.12. The Morgan fingerprint density at radius 3 is 2.30 bits per heavy atom. The maximum absolute atomic E-state index is 13.5. The van der Waals surface area contributed by atoms with E-state index in [4.69, 9.17) is 4.42 Å². The molecule has 2 aromatic carbocycles. The van der Waals surface area contributed by atoms with Gasteiger partial charge in [-0.05, 0) is 49.0 Å². The fraction of sp³-hybridized carbons (Fsp3) is 0.174. The lowest BCUT2D eigenvalue weighted by atomic mass is 10.1. The van der Waals surface area contributed by atoms with Crippen LogP contribution in [-0.2, 0) is 22.6 Å². The highest BCUT2D eigenvalue weighted by atomic mass is 32.2. The number of furan rings is 1. The first-order valence-corrected chi connectivity index (χ1v) is 11.8. The second-order valence-corrected chi connectivity index (χ2v) is 9.46. The number of hydrogen-bond donors (Lipinski definition) is 1. The van der Waals surface area contributed by atoms with Crippen LogP contribution in [0.4, 0.5) is 13.2 Å². The molecule has 0 bridgehead atoms. The van der Waals surface area contributed by atoms with Gasteiger partial charge in [0.1, 0.15) is 5.76 Å². The van der Waals surface area contributed by atoms with Gasteiger partial charge >= 0.3 is 6.18 Å². The molecule has 0 spiro atoms. The summed E-state index contributed by atoms with van der Waals surface area (Å²) in [6, 6.07) is 15.7. The molecule has 4 rings (SSSR count). The highest BCUT2D eigenvalue weighted by Gasteiger charge is 2.35. The first kappa shape index (κ1) is 22.8. The summed E-state index contributed by atoms with van der Waals surface area (Å²) in [7, 11) is -1.87. The van der Waals surface area contributed by atoms with Crippen molar-refractivity contribution in [3.8, 4) is 28.3 Å². The third-order valence-electron chi connectivity index (χ3n) is 5.04. The third-order valence-corrected chi connectivity index (χ3v) is 6.24. The number of alkyl halides is 3. The summed E-state index contributed by atoms with van der Waals surface area (Å²) in [5.41, 5.74) is 1.20. The molecule has 2 heterocycles. The zero-order chi connectivity index (χ0) is 23.8. The van der Waals surface area contributed by atoms with Crippen molar-refractivity contribution < 1.29 is 26.0 Å². The summed E-state index contributed by atoms with van der Waals surface area (Å²) in [5.74, 6) is 0.638. The molecule has 0 amide bonds. The fourth-order valence-corrected chi connectivity index (χ4v) is 4.48. The van der Waals surface area contributed by atoms with Gasteiger partial charge in [-0.2, -0.15) is 18.3 Å². The Balaban J connectivity index is 1.85. The molecule has 0 aliphatic carbocycles. The van der Waals surface area contributed by atoms with E-state index in [-0.39, 0.29) is 17.1 Å². The molecule has 6 nitrogen and oxygen atoms in total. The van der Waals surface area contributed by atoms with Crippen LogP contribution < -0.4 is 5.32 Å². The molecular formula is C23H20F3N3O3S. The summed E-state index contributed by atoms with van der Waals surface area (Å²) in [6.45, 7) is 0.219. The van der Waals surface area contributed by atoms with E-state index in [1.165, 1.54) is 29.1 Å². The predicted molar refractivity (Wildman–Crippen MR) is 118 cm³/mol. The lowest BCUT2D eigenvalue weighted by molar-refractivity contribution is -0.141. The Bertz CT molecular complexity index is 1370. The van der Waals surface area contributed by atoms with Crippen LogP contribution >= 0.6 is 0 Å². The second kappa shape index (κ2) is 8.53. The Hall–Kier alpha value is -3.37. The van der Waals surface area contributed by atoms with E-state index in [9.17, 15) is 21.6 Å². The second-order valence-electron chi connectivity index (χ2n) is 7.47. The van der Waals surface area contributed by atoms with E-state index < -0.39 is 21.7 Å². The Labute approximate surface area is 188 Å². The first-order chi connectivity index (χ1) is 15.6. The highest BCUT2D eigenvalue weighted by molar-refractivity contribution is 7.90. The standard InChI is InChI=1S/C23H20F3N3O3S/c1-27-14-17-12-18(9-10-21(17)33(2,30)31)29-19(13-22(28-29)23(24,25)26)15-5-7-16(8-6-15)20-4-3-11-32-20/h3-13,27H,14H2,1-2H3. The minimum Gasteiger partial charge on any atom is -0.464 e. The van der Waals surface area contributed by atoms with Crippen LogP contribution in [-0.4, -0.2) is 31.5 Å². The van der Waals surface area contributed by atoms with Gasteiger partial charge in [0.05, 0.1) is 22.5 Å². The molecule has 4 aromatic rings. The number of halogens is 3. The van der Waals surface area contributed by atoms with Crippen molar-refractivity contribution in [1.82, 2.24) is 15.1 Å². The van der Waals surface area contributed by atoms with E-state index in [1.807, 2.05) is 0 Å². The molecule has 0 fully saturated rings.